The molecule has 2 aliphatic rings. The fourth-order valence-corrected chi connectivity index (χ4v) is 6.39. The average Bonchev–Trinajstić information content (AvgIpc) is 3.55. The summed E-state index contributed by atoms with van der Waals surface area (Å²) in [5.41, 5.74) is 0.286. The molecule has 3 N–H and O–H groups in total. The van der Waals surface area contributed by atoms with Gasteiger partial charge in [-0.3, -0.25) is 14.7 Å². The van der Waals surface area contributed by atoms with Crippen LogP contribution in [0.4, 0.5) is 20.4 Å². The molecule has 2 amide bonds. The Morgan fingerprint density at radius 1 is 1.15 bits per heavy atom. The molecule has 0 radical (unpaired) electrons. The molecule has 1 aromatic carbocycles. The molecule has 1 saturated heterocycles. The zero-order valence-electron chi connectivity index (χ0n) is 21.1. The zero-order chi connectivity index (χ0) is 27.9. The number of nitrogens with one attached hydrogen (secondary N) is 3. The Morgan fingerprint density at radius 2 is 1.90 bits per heavy atom. The number of carbonyl (C=O) groups excluding carboxylic acids is 2. The zero-order valence-corrected chi connectivity index (χ0v) is 21.9. The molecule has 14 heteroatoms. The van der Waals surface area contributed by atoms with Crippen LogP contribution in [0.3, 0.4) is 0 Å². The summed E-state index contributed by atoms with van der Waals surface area (Å²) >= 11 is 0. The maximum absolute atomic E-state index is 13.8. The normalized spacial score (nSPS) is 18.9. The fourth-order valence-electron chi connectivity index (χ4n) is 4.78. The Morgan fingerprint density at radius 3 is 2.59 bits per heavy atom. The molecule has 1 atom stereocenters. The summed E-state index contributed by atoms with van der Waals surface area (Å²) in [4.78, 5) is 29.4. The van der Waals surface area contributed by atoms with Gasteiger partial charge in [0.2, 0.25) is 10.0 Å². The molecule has 39 heavy (non-hydrogen) atoms. The van der Waals surface area contributed by atoms with Crippen LogP contribution in [0.5, 0.6) is 0 Å². The van der Waals surface area contributed by atoms with Crippen molar-refractivity contribution in [3.05, 3.63) is 65.0 Å². The van der Waals surface area contributed by atoms with Gasteiger partial charge in [0.15, 0.2) is 5.82 Å². The van der Waals surface area contributed by atoms with Crippen LogP contribution in [0.25, 0.3) is 0 Å². The molecule has 4 heterocycles. The fraction of sp³-hybridized carbons (Fsp3) is 0.360. The van der Waals surface area contributed by atoms with E-state index in [1.807, 2.05) is 0 Å². The number of amides is 2. The highest BCUT2D eigenvalue weighted by molar-refractivity contribution is 7.89. The van der Waals surface area contributed by atoms with E-state index in [0.29, 0.717) is 30.4 Å². The number of hydrogen-bond acceptors (Lipinski definition) is 7. The largest absolute Gasteiger partial charge is 0.368 e. The smallest absolute Gasteiger partial charge is 0.260 e. The number of pyridine rings is 1. The van der Waals surface area contributed by atoms with Crippen molar-refractivity contribution < 1.29 is 31.5 Å². The highest BCUT2D eigenvalue weighted by Crippen LogP contribution is 2.38. The van der Waals surface area contributed by atoms with Crippen molar-refractivity contribution in [3.63, 3.8) is 0 Å². The van der Waals surface area contributed by atoms with Crippen molar-refractivity contribution in [2.45, 2.75) is 49.6 Å². The van der Waals surface area contributed by atoms with E-state index in [1.165, 1.54) is 18.3 Å². The molecular formula is C25H26F2N6O5S. The minimum Gasteiger partial charge on any atom is -0.368 e. The van der Waals surface area contributed by atoms with Crippen molar-refractivity contribution in [2.24, 2.45) is 0 Å². The number of fused-ring (bicyclic) bond motifs is 1. The summed E-state index contributed by atoms with van der Waals surface area (Å²) in [5, 5.41) is 12.4. The topological polar surface area (TPSA) is 146 Å². The number of rotatable bonds is 6. The van der Waals surface area contributed by atoms with E-state index >= 15 is 0 Å². The molecule has 206 valence electrons. The predicted molar refractivity (Wildman–Crippen MR) is 135 cm³/mol. The molecule has 3 aromatic rings. The first kappa shape index (κ1) is 26.8. The molecule has 1 unspecified atom stereocenters. The number of aromatic amines is 1. The number of nitrogens with zero attached hydrogens (tertiary/aromatic N) is 3. The molecule has 2 aliphatic heterocycles. The van der Waals surface area contributed by atoms with E-state index in [2.05, 4.69) is 25.8 Å². The molecule has 0 spiro atoms. The highest BCUT2D eigenvalue weighted by atomic mass is 32.2. The lowest BCUT2D eigenvalue weighted by Gasteiger charge is -2.36. The standard InChI is InChI=1S/C25H26F2N6O5S/c1-25(2)13-33(39(36,37)16-10-14(26)9-15(27)11-16)12-18-20(25)31-32-22(18)30-23(34)17-5-3-7-28-21(17)29-24(35)19-6-4-8-38-19/h3,5,7,9-11,19H,4,6,8,12-13H2,1-2H3,(H,28,29,35)(H2,30,31,32,34). The maximum atomic E-state index is 13.8. The Kier molecular flexibility index (Phi) is 6.95. The number of benzene rings is 1. The second-order valence-electron chi connectivity index (χ2n) is 10.0. The molecule has 5 rings (SSSR count). The van der Waals surface area contributed by atoms with Crippen molar-refractivity contribution in [2.75, 3.05) is 23.8 Å². The second kappa shape index (κ2) is 10.1. The molecule has 11 nitrogen and oxygen atoms in total. The summed E-state index contributed by atoms with van der Waals surface area (Å²) in [6.45, 7) is 3.83. The third kappa shape index (κ3) is 5.27. The monoisotopic (exact) mass is 560 g/mol. The molecule has 0 saturated carbocycles. The third-order valence-electron chi connectivity index (χ3n) is 6.67. The number of hydrogen-bond donors (Lipinski definition) is 3. The Bertz CT molecular complexity index is 1530. The van der Waals surface area contributed by atoms with E-state index in [1.54, 1.807) is 13.8 Å². The minimum atomic E-state index is -4.29. The van der Waals surface area contributed by atoms with Crippen molar-refractivity contribution in [1.29, 1.82) is 0 Å². The lowest BCUT2D eigenvalue weighted by molar-refractivity contribution is -0.124. The van der Waals surface area contributed by atoms with Gasteiger partial charge in [-0.1, -0.05) is 13.8 Å². The predicted octanol–water partition coefficient (Wildman–Crippen LogP) is 2.93. The number of halogens is 2. The number of anilines is 2. The molecule has 0 aliphatic carbocycles. The lowest BCUT2D eigenvalue weighted by Crippen LogP contribution is -2.45. The van der Waals surface area contributed by atoms with E-state index in [9.17, 15) is 26.8 Å². The summed E-state index contributed by atoms with van der Waals surface area (Å²) in [5.74, 6) is -2.95. The molecule has 0 bridgehead atoms. The van der Waals surface area contributed by atoms with Crippen LogP contribution in [0.15, 0.2) is 41.4 Å². The number of H-pyrrole nitrogens is 1. The number of carbonyl (C=O) groups is 2. The van der Waals surface area contributed by atoms with Crippen LogP contribution in [0, 0.1) is 11.6 Å². The van der Waals surface area contributed by atoms with Crippen LogP contribution in [0.2, 0.25) is 0 Å². The van der Waals surface area contributed by atoms with E-state index in [0.717, 1.165) is 22.9 Å². The van der Waals surface area contributed by atoms with Gasteiger partial charge in [0.05, 0.1) is 10.5 Å². The van der Waals surface area contributed by atoms with Gasteiger partial charge in [-0.05, 0) is 37.1 Å². The number of sulfonamides is 1. The first-order valence-corrected chi connectivity index (χ1v) is 13.6. The van der Waals surface area contributed by atoms with Crippen LogP contribution < -0.4 is 10.6 Å². The van der Waals surface area contributed by atoms with Gasteiger partial charge in [0.1, 0.15) is 23.6 Å². The average molecular weight is 561 g/mol. The van der Waals surface area contributed by atoms with Gasteiger partial charge in [-0.25, -0.2) is 22.2 Å². The van der Waals surface area contributed by atoms with Gasteiger partial charge < -0.3 is 15.4 Å². The SMILES string of the molecule is CC1(C)CN(S(=O)(=O)c2cc(F)cc(F)c2)Cc2c(NC(=O)c3cccnc3NC(=O)C3CCCO3)n[nH]c21. The van der Waals surface area contributed by atoms with Gasteiger partial charge in [0, 0.05) is 48.6 Å². The van der Waals surface area contributed by atoms with Gasteiger partial charge >= 0.3 is 0 Å². The van der Waals surface area contributed by atoms with Crippen LogP contribution in [0.1, 0.15) is 48.3 Å². The van der Waals surface area contributed by atoms with Crippen LogP contribution >= 0.6 is 0 Å². The Labute approximate surface area is 223 Å². The number of aromatic nitrogens is 3. The number of ether oxygens (including phenoxy) is 1. The van der Waals surface area contributed by atoms with Gasteiger partial charge in [-0.15, -0.1) is 0 Å². The molecule has 2 aromatic heterocycles. The maximum Gasteiger partial charge on any atom is 0.260 e. The highest BCUT2D eigenvalue weighted by Gasteiger charge is 2.41. The Hall–Kier alpha value is -3.75. The third-order valence-corrected chi connectivity index (χ3v) is 8.44. The lowest BCUT2D eigenvalue weighted by atomic mass is 9.84. The Balaban J connectivity index is 1.41. The second-order valence-corrected chi connectivity index (χ2v) is 12.0. The summed E-state index contributed by atoms with van der Waals surface area (Å²) < 4.78 is 60.8. The summed E-state index contributed by atoms with van der Waals surface area (Å²) in [6.07, 6.45) is 2.13. The first-order chi connectivity index (χ1) is 18.5. The van der Waals surface area contributed by atoms with E-state index < -0.39 is 49.9 Å². The van der Waals surface area contributed by atoms with Crippen molar-refractivity contribution >= 4 is 33.5 Å². The van der Waals surface area contributed by atoms with Crippen LogP contribution in [-0.4, -0.2) is 59.0 Å². The molecule has 1 fully saturated rings. The van der Waals surface area contributed by atoms with Crippen LogP contribution in [-0.2, 0) is 31.5 Å². The van der Waals surface area contributed by atoms with Gasteiger partial charge in [0.25, 0.3) is 11.8 Å². The van der Waals surface area contributed by atoms with E-state index in [-0.39, 0.29) is 30.3 Å². The van der Waals surface area contributed by atoms with Gasteiger partial charge in [-0.2, -0.15) is 9.40 Å². The van der Waals surface area contributed by atoms with Crippen molar-refractivity contribution in [1.82, 2.24) is 19.5 Å². The van der Waals surface area contributed by atoms with E-state index in [4.69, 9.17) is 4.74 Å². The minimum absolute atomic E-state index is 0.00192. The summed E-state index contributed by atoms with van der Waals surface area (Å²) in [7, 11) is -4.29. The molecular weight excluding hydrogens is 534 g/mol. The quantitative estimate of drug-likeness (QED) is 0.420. The first-order valence-electron chi connectivity index (χ1n) is 12.2. The summed E-state index contributed by atoms with van der Waals surface area (Å²) in [6, 6.07) is 5.12. The van der Waals surface area contributed by atoms with Crippen molar-refractivity contribution in [3.8, 4) is 0 Å².